The first-order chi connectivity index (χ1) is 5.27. The molecule has 3 unspecified atom stereocenters. The third-order valence-electron chi connectivity index (χ3n) is 2.40. The molecule has 0 aromatic carbocycles. The number of carbonyl (C=O) groups is 1. The average molecular weight is 153 g/mol. The zero-order valence-corrected chi connectivity index (χ0v) is 7.16. The molecule has 0 saturated heterocycles. The Kier molecular flexibility index (Phi) is 2.80. The monoisotopic (exact) mass is 153 g/mol. The summed E-state index contributed by atoms with van der Waals surface area (Å²) in [6.07, 6.45) is 4.99. The van der Waals surface area contributed by atoms with Gasteiger partial charge in [0.15, 0.2) is 0 Å². The van der Waals surface area contributed by atoms with Crippen LogP contribution in [0.15, 0.2) is 4.99 Å². The van der Waals surface area contributed by atoms with Gasteiger partial charge >= 0.3 is 0 Å². The maximum atomic E-state index is 10.6. The molecule has 62 valence electrons. The van der Waals surface area contributed by atoms with E-state index in [1.165, 1.54) is 0 Å². The van der Waals surface area contributed by atoms with Gasteiger partial charge in [-0.1, -0.05) is 13.8 Å². The summed E-state index contributed by atoms with van der Waals surface area (Å²) in [5.41, 5.74) is 0. The van der Waals surface area contributed by atoms with E-state index in [-0.39, 0.29) is 5.92 Å². The van der Waals surface area contributed by atoms with Crippen LogP contribution in [-0.4, -0.2) is 18.5 Å². The van der Waals surface area contributed by atoms with E-state index in [1.54, 1.807) is 0 Å². The van der Waals surface area contributed by atoms with Crippen LogP contribution < -0.4 is 0 Å². The summed E-state index contributed by atoms with van der Waals surface area (Å²) in [4.78, 5) is 14.9. The van der Waals surface area contributed by atoms with Crippen molar-refractivity contribution >= 4 is 12.5 Å². The summed E-state index contributed by atoms with van der Waals surface area (Å²) >= 11 is 0. The van der Waals surface area contributed by atoms with E-state index < -0.39 is 0 Å². The fourth-order valence-electron chi connectivity index (χ4n) is 1.41. The summed E-state index contributed by atoms with van der Waals surface area (Å²) in [6, 6.07) is 0.390. The molecule has 1 aliphatic rings. The summed E-state index contributed by atoms with van der Waals surface area (Å²) in [5.74, 6) is 0.549. The van der Waals surface area contributed by atoms with Crippen molar-refractivity contribution in [2.45, 2.75) is 32.7 Å². The molecular weight excluding hydrogens is 138 g/mol. The van der Waals surface area contributed by atoms with Gasteiger partial charge in [0.1, 0.15) is 6.29 Å². The first-order valence-electron chi connectivity index (χ1n) is 4.26. The molecule has 0 amide bonds. The molecule has 0 aromatic rings. The topological polar surface area (TPSA) is 29.4 Å². The van der Waals surface area contributed by atoms with E-state index >= 15 is 0 Å². The summed E-state index contributed by atoms with van der Waals surface area (Å²) < 4.78 is 0. The van der Waals surface area contributed by atoms with Crippen LogP contribution in [-0.2, 0) is 4.79 Å². The van der Waals surface area contributed by atoms with Crippen molar-refractivity contribution in [3.8, 4) is 0 Å². The highest BCUT2D eigenvalue weighted by molar-refractivity contribution is 5.69. The molecule has 2 nitrogen and oxygen atoms in total. The van der Waals surface area contributed by atoms with Crippen LogP contribution in [0.1, 0.15) is 26.7 Å². The number of aldehydes is 1. The van der Waals surface area contributed by atoms with Gasteiger partial charge in [-0.15, -0.1) is 0 Å². The van der Waals surface area contributed by atoms with E-state index in [9.17, 15) is 4.79 Å². The lowest BCUT2D eigenvalue weighted by atomic mass is 9.87. The van der Waals surface area contributed by atoms with Crippen LogP contribution in [0.3, 0.4) is 0 Å². The Balaban J connectivity index is 2.59. The molecule has 0 radical (unpaired) electrons. The molecule has 0 spiro atoms. The molecule has 1 aliphatic heterocycles. The maximum Gasteiger partial charge on any atom is 0.123 e. The largest absolute Gasteiger partial charge is 0.303 e. The predicted octanol–water partition coefficient (Wildman–Crippen LogP) is 1.69. The second kappa shape index (κ2) is 3.65. The third kappa shape index (κ3) is 1.88. The van der Waals surface area contributed by atoms with Gasteiger partial charge in [0.25, 0.3) is 0 Å². The highest BCUT2D eigenvalue weighted by Gasteiger charge is 2.22. The maximum absolute atomic E-state index is 10.6. The number of rotatable bonds is 2. The zero-order chi connectivity index (χ0) is 8.27. The van der Waals surface area contributed by atoms with Crippen molar-refractivity contribution in [2.75, 3.05) is 0 Å². The van der Waals surface area contributed by atoms with Gasteiger partial charge in [-0.3, -0.25) is 4.99 Å². The quantitative estimate of drug-likeness (QED) is 0.555. The van der Waals surface area contributed by atoms with Gasteiger partial charge in [0, 0.05) is 24.1 Å². The van der Waals surface area contributed by atoms with Crippen LogP contribution >= 0.6 is 0 Å². The molecule has 1 heterocycles. The first kappa shape index (κ1) is 8.44. The Morgan fingerprint density at radius 1 is 1.73 bits per heavy atom. The Hall–Kier alpha value is -0.660. The van der Waals surface area contributed by atoms with Gasteiger partial charge in [0.2, 0.25) is 0 Å². The van der Waals surface area contributed by atoms with E-state index in [0.29, 0.717) is 12.0 Å². The lowest BCUT2D eigenvalue weighted by molar-refractivity contribution is -0.112. The normalized spacial score (nSPS) is 37.1. The average Bonchev–Trinajstić information content (AvgIpc) is 2.05. The smallest absolute Gasteiger partial charge is 0.123 e. The fourth-order valence-corrected chi connectivity index (χ4v) is 1.41. The van der Waals surface area contributed by atoms with Crippen LogP contribution in [0.5, 0.6) is 0 Å². The highest BCUT2D eigenvalue weighted by atomic mass is 16.1. The molecule has 0 bridgehead atoms. The van der Waals surface area contributed by atoms with Gasteiger partial charge in [-0.2, -0.15) is 0 Å². The van der Waals surface area contributed by atoms with E-state index in [1.807, 2.05) is 6.21 Å². The molecule has 0 aromatic heterocycles. The van der Waals surface area contributed by atoms with E-state index in [0.717, 1.165) is 19.1 Å². The molecule has 0 saturated carbocycles. The number of hydrogen-bond acceptors (Lipinski definition) is 2. The molecule has 11 heavy (non-hydrogen) atoms. The molecule has 1 rings (SSSR count). The number of hydrogen-bond donors (Lipinski definition) is 0. The van der Waals surface area contributed by atoms with E-state index in [2.05, 4.69) is 18.8 Å². The second-order valence-corrected chi connectivity index (χ2v) is 3.25. The van der Waals surface area contributed by atoms with Crippen LogP contribution in [0, 0.1) is 11.8 Å². The molecule has 0 fully saturated rings. The minimum atomic E-state index is 0.206. The summed E-state index contributed by atoms with van der Waals surface area (Å²) in [7, 11) is 0. The van der Waals surface area contributed by atoms with Crippen molar-refractivity contribution in [1.82, 2.24) is 0 Å². The molecule has 3 atom stereocenters. The third-order valence-corrected chi connectivity index (χ3v) is 2.40. The summed E-state index contributed by atoms with van der Waals surface area (Å²) in [5, 5.41) is 0. The number of aliphatic imine (C=N–C) groups is 1. The van der Waals surface area contributed by atoms with Crippen molar-refractivity contribution in [3.63, 3.8) is 0 Å². The molecule has 0 aliphatic carbocycles. The van der Waals surface area contributed by atoms with Crippen molar-refractivity contribution in [1.29, 1.82) is 0 Å². The molecular formula is C9H15NO. The van der Waals surface area contributed by atoms with Crippen molar-refractivity contribution in [2.24, 2.45) is 16.8 Å². The van der Waals surface area contributed by atoms with Gasteiger partial charge in [-0.25, -0.2) is 0 Å². The van der Waals surface area contributed by atoms with Crippen LogP contribution in [0.25, 0.3) is 0 Å². The SMILES string of the molecule is CCC1CC(C=O)C(C)C=N1. The van der Waals surface area contributed by atoms with Crippen molar-refractivity contribution in [3.05, 3.63) is 0 Å². The number of carbonyl (C=O) groups excluding carboxylic acids is 1. The zero-order valence-electron chi connectivity index (χ0n) is 7.16. The van der Waals surface area contributed by atoms with Crippen molar-refractivity contribution < 1.29 is 4.79 Å². The highest BCUT2D eigenvalue weighted by Crippen LogP contribution is 2.21. The minimum absolute atomic E-state index is 0.206. The minimum Gasteiger partial charge on any atom is -0.303 e. The van der Waals surface area contributed by atoms with Crippen LogP contribution in [0.4, 0.5) is 0 Å². The van der Waals surface area contributed by atoms with Gasteiger partial charge < -0.3 is 4.79 Å². The fraction of sp³-hybridized carbons (Fsp3) is 0.778. The second-order valence-electron chi connectivity index (χ2n) is 3.25. The lowest BCUT2D eigenvalue weighted by Crippen LogP contribution is -2.25. The summed E-state index contributed by atoms with van der Waals surface area (Å²) in [6.45, 7) is 4.16. The standard InChI is InChI=1S/C9H15NO/c1-3-9-4-8(6-11)7(2)5-10-9/h5-9H,3-4H2,1-2H3. The Morgan fingerprint density at radius 3 is 3.00 bits per heavy atom. The Morgan fingerprint density at radius 2 is 2.45 bits per heavy atom. The molecule has 2 heteroatoms. The first-order valence-corrected chi connectivity index (χ1v) is 4.26. The Bertz CT molecular complexity index is 165. The van der Waals surface area contributed by atoms with Crippen LogP contribution in [0.2, 0.25) is 0 Å². The van der Waals surface area contributed by atoms with Gasteiger partial charge in [0.05, 0.1) is 0 Å². The van der Waals surface area contributed by atoms with Gasteiger partial charge in [-0.05, 0) is 12.8 Å². The number of nitrogens with zero attached hydrogens (tertiary/aromatic N) is 1. The molecule has 0 N–H and O–H groups in total. The lowest BCUT2D eigenvalue weighted by Gasteiger charge is -2.23. The van der Waals surface area contributed by atoms with E-state index in [4.69, 9.17) is 0 Å². The predicted molar refractivity (Wildman–Crippen MR) is 45.9 cm³/mol. The Labute approximate surface area is 67.7 Å².